The van der Waals surface area contributed by atoms with E-state index in [0.29, 0.717) is 9.65 Å². The maximum Gasteiger partial charge on any atom is 0.0464 e. The lowest BCUT2D eigenvalue weighted by Crippen LogP contribution is -2.43. The molecule has 0 amide bonds. The van der Waals surface area contributed by atoms with Gasteiger partial charge >= 0.3 is 0 Å². The second-order valence-electron chi connectivity index (χ2n) is 7.89. The number of hydrogen-bond acceptors (Lipinski definition) is 0. The lowest BCUT2D eigenvalue weighted by atomic mass is 9.70. The van der Waals surface area contributed by atoms with Crippen LogP contribution in [-0.4, -0.2) is 9.65 Å². The van der Waals surface area contributed by atoms with E-state index in [2.05, 4.69) is 94.2 Å². The van der Waals surface area contributed by atoms with Gasteiger partial charge in [-0.25, -0.2) is 0 Å². The molecule has 2 atom stereocenters. The summed E-state index contributed by atoms with van der Waals surface area (Å²) in [7, 11) is 0. The molecule has 0 nitrogen and oxygen atoms in total. The third-order valence-electron chi connectivity index (χ3n) is 6.15. The number of unbranched alkanes of at least 4 members (excludes halogenated alkanes) is 4. The maximum atomic E-state index is 4.21. The Bertz CT molecular complexity index is 673. The maximum absolute atomic E-state index is 4.21. The van der Waals surface area contributed by atoms with E-state index in [0.717, 1.165) is 0 Å². The van der Waals surface area contributed by atoms with E-state index >= 15 is 0 Å². The van der Waals surface area contributed by atoms with Gasteiger partial charge in [-0.3, -0.25) is 0 Å². The van der Waals surface area contributed by atoms with E-state index in [1.807, 2.05) is 0 Å². The summed E-state index contributed by atoms with van der Waals surface area (Å²) in [5, 5.41) is 0. The van der Waals surface area contributed by atoms with Gasteiger partial charge in [0.05, 0.1) is 0 Å². The van der Waals surface area contributed by atoms with E-state index < -0.39 is 0 Å². The van der Waals surface area contributed by atoms with Crippen LogP contribution in [0.3, 0.4) is 0 Å². The molecule has 3 rings (SSSR count). The molecule has 0 bridgehead atoms. The van der Waals surface area contributed by atoms with Crippen molar-refractivity contribution < 1.29 is 0 Å². The van der Waals surface area contributed by atoms with Crippen molar-refractivity contribution in [3.63, 3.8) is 0 Å². The van der Waals surface area contributed by atoms with Crippen molar-refractivity contribution in [2.45, 2.75) is 80.3 Å². The SMILES string of the molecule is CCCCCC(Br)C1(C(Br)CCCCC)c2ccccc2-c2ccccc21. The van der Waals surface area contributed by atoms with Crippen molar-refractivity contribution >= 4 is 31.9 Å². The molecule has 0 aromatic heterocycles. The monoisotopic (exact) mass is 490 g/mol. The van der Waals surface area contributed by atoms with Crippen LogP contribution in [0.4, 0.5) is 0 Å². The second-order valence-corrected chi connectivity index (χ2v) is 10.1. The molecular weight excluding hydrogens is 460 g/mol. The highest BCUT2D eigenvalue weighted by Crippen LogP contribution is 2.57. The van der Waals surface area contributed by atoms with Gasteiger partial charge in [0.2, 0.25) is 0 Å². The molecule has 0 fully saturated rings. The summed E-state index contributed by atoms with van der Waals surface area (Å²) in [5.41, 5.74) is 5.86. The number of halogens is 2. The van der Waals surface area contributed by atoms with Gasteiger partial charge in [0.1, 0.15) is 0 Å². The molecule has 0 spiro atoms. The zero-order chi connectivity index (χ0) is 19.3. The Labute approximate surface area is 182 Å². The molecule has 146 valence electrons. The van der Waals surface area contributed by atoms with Gasteiger partial charge < -0.3 is 0 Å². The summed E-state index contributed by atoms with van der Waals surface area (Å²) in [4.78, 5) is 0.875. The topological polar surface area (TPSA) is 0 Å². The van der Waals surface area contributed by atoms with Gasteiger partial charge in [0.15, 0.2) is 0 Å². The Kier molecular flexibility index (Phi) is 7.62. The fourth-order valence-electron chi connectivity index (χ4n) is 4.78. The van der Waals surface area contributed by atoms with E-state index in [1.54, 1.807) is 0 Å². The molecule has 0 saturated heterocycles. The van der Waals surface area contributed by atoms with Gasteiger partial charge in [0, 0.05) is 15.1 Å². The summed E-state index contributed by atoms with van der Waals surface area (Å²) in [6.07, 6.45) is 10.2. The van der Waals surface area contributed by atoms with Crippen LogP contribution in [0.15, 0.2) is 48.5 Å². The number of hydrogen-bond donors (Lipinski definition) is 0. The number of rotatable bonds is 10. The highest BCUT2D eigenvalue weighted by Gasteiger charge is 2.51. The molecule has 0 saturated carbocycles. The molecular formula is C25H32Br2. The molecule has 0 radical (unpaired) electrons. The van der Waals surface area contributed by atoms with Crippen molar-refractivity contribution in [2.24, 2.45) is 0 Å². The second kappa shape index (κ2) is 9.74. The quantitative estimate of drug-likeness (QED) is 0.230. The molecule has 0 N–H and O–H groups in total. The third kappa shape index (κ3) is 3.94. The molecule has 2 unspecified atom stereocenters. The Morgan fingerprint density at radius 3 is 1.48 bits per heavy atom. The summed E-state index contributed by atoms with van der Waals surface area (Å²) >= 11 is 8.42. The van der Waals surface area contributed by atoms with Crippen LogP contribution in [0.25, 0.3) is 11.1 Å². The first kappa shape index (κ1) is 21.1. The van der Waals surface area contributed by atoms with Crippen molar-refractivity contribution in [2.75, 3.05) is 0 Å². The average molecular weight is 492 g/mol. The van der Waals surface area contributed by atoms with E-state index in [9.17, 15) is 0 Å². The van der Waals surface area contributed by atoms with Gasteiger partial charge in [0.25, 0.3) is 0 Å². The molecule has 2 aromatic rings. The number of benzene rings is 2. The zero-order valence-corrected chi connectivity index (χ0v) is 19.9. The van der Waals surface area contributed by atoms with Crippen molar-refractivity contribution in [3.8, 4) is 11.1 Å². The molecule has 27 heavy (non-hydrogen) atoms. The largest absolute Gasteiger partial charge is 0.0877 e. The van der Waals surface area contributed by atoms with Gasteiger partial charge in [-0.15, -0.1) is 0 Å². The zero-order valence-electron chi connectivity index (χ0n) is 16.7. The highest BCUT2D eigenvalue weighted by molar-refractivity contribution is 9.10. The summed E-state index contributed by atoms with van der Waals surface area (Å²) in [6.45, 7) is 4.58. The first-order chi connectivity index (χ1) is 13.2. The van der Waals surface area contributed by atoms with Crippen molar-refractivity contribution in [1.29, 1.82) is 0 Å². The predicted octanol–water partition coefficient (Wildman–Crippen LogP) is 8.64. The van der Waals surface area contributed by atoms with Crippen LogP contribution in [0, 0.1) is 0 Å². The standard InChI is InChI=1S/C25H32Br2/c1-3-5-7-17-23(26)25(24(27)18-8-6-4-2)21-15-11-9-13-19(21)20-14-10-12-16-22(20)25/h9-16,23-24H,3-8,17-18H2,1-2H3. The fourth-order valence-corrected chi connectivity index (χ4v) is 7.40. The Morgan fingerprint density at radius 1 is 0.667 bits per heavy atom. The minimum Gasteiger partial charge on any atom is -0.0877 e. The third-order valence-corrected chi connectivity index (χ3v) is 8.51. The summed E-state index contributed by atoms with van der Waals surface area (Å²) < 4.78 is 0. The van der Waals surface area contributed by atoms with Gasteiger partial charge in [-0.05, 0) is 35.1 Å². The summed E-state index contributed by atoms with van der Waals surface area (Å²) in [6, 6.07) is 18.2. The van der Waals surface area contributed by atoms with E-state index in [1.165, 1.54) is 73.6 Å². The first-order valence-corrected chi connectivity index (χ1v) is 12.5. The van der Waals surface area contributed by atoms with Gasteiger partial charge in [-0.1, -0.05) is 133 Å². The van der Waals surface area contributed by atoms with Crippen LogP contribution in [0.2, 0.25) is 0 Å². The Morgan fingerprint density at radius 2 is 1.07 bits per heavy atom. The number of alkyl halides is 2. The summed E-state index contributed by atoms with van der Waals surface area (Å²) in [5.74, 6) is 0. The van der Waals surface area contributed by atoms with Crippen LogP contribution in [0.1, 0.15) is 76.3 Å². The first-order valence-electron chi connectivity index (χ1n) is 10.6. The van der Waals surface area contributed by atoms with E-state index in [-0.39, 0.29) is 5.41 Å². The molecule has 1 aliphatic carbocycles. The lowest BCUT2D eigenvalue weighted by molar-refractivity contribution is 0.434. The molecule has 0 heterocycles. The molecule has 2 heteroatoms. The van der Waals surface area contributed by atoms with Crippen LogP contribution < -0.4 is 0 Å². The Hall–Kier alpha value is -0.600. The van der Waals surface area contributed by atoms with Gasteiger partial charge in [-0.2, -0.15) is 0 Å². The minimum atomic E-state index is 0.00860. The van der Waals surface area contributed by atoms with Crippen LogP contribution in [0.5, 0.6) is 0 Å². The smallest absolute Gasteiger partial charge is 0.0464 e. The molecule has 2 aromatic carbocycles. The minimum absolute atomic E-state index is 0.00860. The highest BCUT2D eigenvalue weighted by atomic mass is 79.9. The van der Waals surface area contributed by atoms with Crippen molar-refractivity contribution in [1.82, 2.24) is 0 Å². The van der Waals surface area contributed by atoms with Crippen LogP contribution >= 0.6 is 31.9 Å². The Balaban J connectivity index is 2.09. The predicted molar refractivity (Wildman–Crippen MR) is 126 cm³/mol. The molecule has 0 aliphatic heterocycles. The fraction of sp³-hybridized carbons (Fsp3) is 0.520. The number of fused-ring (bicyclic) bond motifs is 3. The molecule has 1 aliphatic rings. The van der Waals surface area contributed by atoms with Crippen LogP contribution in [-0.2, 0) is 5.41 Å². The average Bonchev–Trinajstić information content (AvgIpc) is 3.00. The van der Waals surface area contributed by atoms with Crippen molar-refractivity contribution in [3.05, 3.63) is 59.7 Å². The normalized spacial score (nSPS) is 16.6. The lowest BCUT2D eigenvalue weighted by Gasteiger charge is -2.41. The van der Waals surface area contributed by atoms with E-state index in [4.69, 9.17) is 0 Å².